The largest absolute Gasteiger partial charge is 0.0654 e. The number of hydrogen-bond donors (Lipinski definition) is 0. The van der Waals surface area contributed by atoms with Crippen LogP contribution in [0.25, 0.3) is 0 Å². The molecule has 0 aliphatic carbocycles. The van der Waals surface area contributed by atoms with E-state index in [0.717, 1.165) is 0 Å². The van der Waals surface area contributed by atoms with E-state index in [-0.39, 0.29) is 0 Å². The highest BCUT2D eigenvalue weighted by Gasteiger charge is 1.93. The van der Waals surface area contributed by atoms with Gasteiger partial charge in [-0.15, -0.1) is 0 Å². The Balaban J connectivity index is 0. The first-order valence-electron chi connectivity index (χ1n) is 15.3. The molecule has 0 aromatic rings. The molecule has 0 aliphatic rings. The second-order valence-corrected chi connectivity index (χ2v) is 10.1. The second-order valence-electron chi connectivity index (χ2n) is 10.1. The molecule has 0 bridgehead atoms. The predicted molar refractivity (Wildman–Crippen MR) is 147 cm³/mol. The Hall–Kier alpha value is 0. The maximum absolute atomic E-state index is 2.29. The van der Waals surface area contributed by atoms with Gasteiger partial charge in [0.05, 0.1) is 0 Å². The molecule has 0 heterocycles. The molecule has 31 heavy (non-hydrogen) atoms. The van der Waals surface area contributed by atoms with E-state index in [9.17, 15) is 0 Å². The molecule has 0 saturated heterocycles. The average molecular weight is 439 g/mol. The minimum Gasteiger partial charge on any atom is -0.0654 e. The van der Waals surface area contributed by atoms with Gasteiger partial charge in [-0.3, -0.25) is 0 Å². The van der Waals surface area contributed by atoms with Crippen molar-refractivity contribution in [2.75, 3.05) is 0 Å². The first-order valence-corrected chi connectivity index (χ1v) is 15.3. The van der Waals surface area contributed by atoms with Crippen LogP contribution in [0.5, 0.6) is 0 Å². The maximum atomic E-state index is 2.29. The van der Waals surface area contributed by atoms with E-state index >= 15 is 0 Å². The smallest absolute Gasteiger partial charge is 0.0533 e. The molecule has 0 atom stereocenters. The van der Waals surface area contributed by atoms with Crippen molar-refractivity contribution in [3.05, 3.63) is 0 Å². The third-order valence-corrected chi connectivity index (χ3v) is 6.66. The zero-order valence-electron chi connectivity index (χ0n) is 23.1. The molecule has 0 N–H and O–H groups in total. The van der Waals surface area contributed by atoms with Crippen LogP contribution >= 0.6 is 0 Å². The van der Waals surface area contributed by atoms with Crippen molar-refractivity contribution in [2.45, 2.75) is 201 Å². The lowest BCUT2D eigenvalue weighted by atomic mass is 10.0. The summed E-state index contributed by atoms with van der Waals surface area (Å²) in [6.45, 7) is 9.16. The molecule has 0 aromatic carbocycles. The summed E-state index contributed by atoms with van der Waals surface area (Å²) < 4.78 is 0. The summed E-state index contributed by atoms with van der Waals surface area (Å²) in [6, 6.07) is 0. The van der Waals surface area contributed by atoms with Gasteiger partial charge >= 0.3 is 0 Å². The molecular weight excluding hydrogens is 372 g/mol. The maximum Gasteiger partial charge on any atom is -0.0533 e. The first kappa shape index (κ1) is 33.2. The molecule has 0 radical (unpaired) electrons. The number of unbranched alkanes of at least 4 members (excludes halogenated alkanes) is 25. The van der Waals surface area contributed by atoms with Crippen molar-refractivity contribution in [1.82, 2.24) is 0 Å². The molecule has 0 aromatic heterocycles. The molecule has 0 fully saturated rings. The van der Waals surface area contributed by atoms with Crippen LogP contribution in [-0.4, -0.2) is 0 Å². The Labute approximate surface area is 201 Å². The van der Waals surface area contributed by atoms with E-state index in [2.05, 4.69) is 27.7 Å². The molecule has 0 rings (SSSR count). The zero-order chi connectivity index (χ0) is 23.1. The lowest BCUT2D eigenvalue weighted by Gasteiger charge is -2.02. The third kappa shape index (κ3) is 37.6. The molecule has 0 heteroatoms. The van der Waals surface area contributed by atoms with Crippen LogP contribution < -0.4 is 0 Å². The second kappa shape index (κ2) is 34.6. The highest BCUT2D eigenvalue weighted by molar-refractivity contribution is 4.49. The lowest BCUT2D eigenvalue weighted by molar-refractivity contribution is 0.538. The lowest BCUT2D eigenvalue weighted by Crippen LogP contribution is -1.82. The van der Waals surface area contributed by atoms with Gasteiger partial charge in [0.25, 0.3) is 0 Å². The highest BCUT2D eigenvalue weighted by Crippen LogP contribution is 2.13. The van der Waals surface area contributed by atoms with Crippen molar-refractivity contribution in [2.24, 2.45) is 0 Å². The van der Waals surface area contributed by atoms with Crippen molar-refractivity contribution < 1.29 is 0 Å². The van der Waals surface area contributed by atoms with Crippen molar-refractivity contribution in [1.29, 1.82) is 0 Å². The zero-order valence-corrected chi connectivity index (χ0v) is 23.1. The van der Waals surface area contributed by atoms with Gasteiger partial charge in [-0.2, -0.15) is 0 Å². The number of rotatable bonds is 25. The molecule has 190 valence electrons. The van der Waals surface area contributed by atoms with Crippen LogP contribution in [0, 0.1) is 0 Å². The van der Waals surface area contributed by atoms with Crippen molar-refractivity contribution in [3.63, 3.8) is 0 Å². The molecule has 0 saturated carbocycles. The summed E-state index contributed by atoms with van der Waals surface area (Å²) in [4.78, 5) is 0. The van der Waals surface area contributed by atoms with Gasteiger partial charge in [-0.05, 0) is 0 Å². The monoisotopic (exact) mass is 439 g/mol. The Morgan fingerprint density at radius 1 is 0.161 bits per heavy atom. The van der Waals surface area contributed by atoms with E-state index in [0.29, 0.717) is 0 Å². The van der Waals surface area contributed by atoms with E-state index in [1.807, 2.05) is 0 Å². The molecule has 0 aliphatic heterocycles. The van der Waals surface area contributed by atoms with Gasteiger partial charge in [-0.25, -0.2) is 0 Å². The van der Waals surface area contributed by atoms with Crippen LogP contribution in [0.3, 0.4) is 0 Å². The Kier molecular flexibility index (Phi) is 37.0. The quantitative estimate of drug-likeness (QED) is 0.124. The standard InChI is InChI=1S/C16H34.C15H32/c1-3-5-7-9-11-13-15-16-14-12-10-8-6-4-2;1-3-5-7-9-11-13-15-14-12-10-8-6-4-2/h3-16H2,1-2H3;3-15H2,1-2H3. The molecule has 0 nitrogen and oxygen atoms in total. The van der Waals surface area contributed by atoms with Gasteiger partial charge in [-0.1, -0.05) is 201 Å². The van der Waals surface area contributed by atoms with E-state index in [1.165, 1.54) is 173 Å². The summed E-state index contributed by atoms with van der Waals surface area (Å²) in [5, 5.41) is 0. The van der Waals surface area contributed by atoms with Gasteiger partial charge in [0.1, 0.15) is 0 Å². The van der Waals surface area contributed by atoms with Crippen LogP contribution in [0.4, 0.5) is 0 Å². The summed E-state index contributed by atoms with van der Waals surface area (Å²) in [5.41, 5.74) is 0. The topological polar surface area (TPSA) is 0 Å². The fourth-order valence-corrected chi connectivity index (χ4v) is 4.36. The average Bonchev–Trinajstić information content (AvgIpc) is 2.79. The first-order chi connectivity index (χ1) is 15.3. The van der Waals surface area contributed by atoms with Crippen molar-refractivity contribution >= 4 is 0 Å². The summed E-state index contributed by atoms with van der Waals surface area (Å²) in [5.74, 6) is 0. The Bertz CT molecular complexity index is 231. The SMILES string of the molecule is CCCCCCCCCCCCCCC.CCCCCCCCCCCCCCCC. The fourth-order valence-electron chi connectivity index (χ4n) is 4.36. The molecule has 0 spiro atoms. The van der Waals surface area contributed by atoms with Crippen LogP contribution in [0.2, 0.25) is 0 Å². The Morgan fingerprint density at radius 2 is 0.258 bits per heavy atom. The summed E-state index contributed by atoms with van der Waals surface area (Å²) >= 11 is 0. The minimum absolute atomic E-state index is 1.37. The fraction of sp³-hybridized carbons (Fsp3) is 1.00. The summed E-state index contributed by atoms with van der Waals surface area (Å²) in [6.07, 6.45) is 39.3. The van der Waals surface area contributed by atoms with Gasteiger partial charge in [0.2, 0.25) is 0 Å². The molecular formula is C31H66. The van der Waals surface area contributed by atoms with Crippen molar-refractivity contribution in [3.8, 4) is 0 Å². The predicted octanol–water partition coefficient (Wildman–Crippen LogP) is 12.6. The number of hydrogen-bond acceptors (Lipinski definition) is 0. The van der Waals surface area contributed by atoms with Gasteiger partial charge < -0.3 is 0 Å². The van der Waals surface area contributed by atoms with E-state index in [1.54, 1.807) is 0 Å². The third-order valence-electron chi connectivity index (χ3n) is 6.66. The highest BCUT2D eigenvalue weighted by atomic mass is 14.0. The Morgan fingerprint density at radius 3 is 0.355 bits per heavy atom. The van der Waals surface area contributed by atoms with Crippen LogP contribution in [0.15, 0.2) is 0 Å². The minimum atomic E-state index is 1.37. The van der Waals surface area contributed by atoms with Gasteiger partial charge in [0.15, 0.2) is 0 Å². The van der Waals surface area contributed by atoms with Crippen LogP contribution in [0.1, 0.15) is 201 Å². The molecule has 0 amide bonds. The molecule has 0 unspecified atom stereocenters. The summed E-state index contributed by atoms with van der Waals surface area (Å²) in [7, 11) is 0. The van der Waals surface area contributed by atoms with E-state index in [4.69, 9.17) is 0 Å². The van der Waals surface area contributed by atoms with Gasteiger partial charge in [0, 0.05) is 0 Å². The normalized spacial score (nSPS) is 10.8. The van der Waals surface area contributed by atoms with E-state index < -0.39 is 0 Å². The van der Waals surface area contributed by atoms with Crippen LogP contribution in [-0.2, 0) is 0 Å².